The summed E-state index contributed by atoms with van der Waals surface area (Å²) in [5, 5.41) is 8.93. The lowest BCUT2D eigenvalue weighted by molar-refractivity contribution is -0.121. The Hall–Kier alpha value is -3.06. The molecule has 2 aromatic carbocycles. The number of carbonyl (C=O) groups excluding carboxylic acids is 3. The van der Waals surface area contributed by atoms with E-state index in [9.17, 15) is 14.4 Å². The van der Waals surface area contributed by atoms with E-state index in [1.807, 2.05) is 24.3 Å². The average molecular weight is 460 g/mol. The molecule has 0 atom stereocenters. The van der Waals surface area contributed by atoms with Gasteiger partial charge in [0.25, 0.3) is 0 Å². The first-order chi connectivity index (χ1) is 15.1. The van der Waals surface area contributed by atoms with Crippen LogP contribution in [0.4, 0.5) is 10.5 Å². The van der Waals surface area contributed by atoms with Gasteiger partial charge in [0.05, 0.1) is 0 Å². The zero-order valence-corrected chi connectivity index (χ0v) is 19.4. The molecule has 3 N–H and O–H groups in total. The number of ether oxygens (including phenoxy) is 1. The lowest BCUT2D eigenvalue weighted by atomic mass is 10.1. The van der Waals surface area contributed by atoms with Gasteiger partial charge in [0.1, 0.15) is 5.60 Å². The fraction of sp³-hybridized carbons (Fsp3) is 0.375. The van der Waals surface area contributed by atoms with E-state index in [-0.39, 0.29) is 24.8 Å². The molecule has 0 saturated carbocycles. The van der Waals surface area contributed by atoms with Crippen LogP contribution in [0.15, 0.2) is 48.5 Å². The Bertz CT molecular complexity index is 924. The van der Waals surface area contributed by atoms with Gasteiger partial charge in [-0.3, -0.25) is 9.59 Å². The maximum absolute atomic E-state index is 12.3. The molecule has 172 valence electrons. The zero-order valence-electron chi connectivity index (χ0n) is 18.7. The Morgan fingerprint density at radius 2 is 1.59 bits per heavy atom. The maximum atomic E-state index is 12.3. The second kappa shape index (κ2) is 12.1. The number of alkyl carbamates (subject to hydrolysis) is 1. The molecule has 8 heteroatoms. The number of rotatable bonds is 9. The van der Waals surface area contributed by atoms with E-state index in [1.165, 1.54) is 0 Å². The molecule has 0 aliphatic carbocycles. The summed E-state index contributed by atoms with van der Waals surface area (Å²) < 4.78 is 5.14. The van der Waals surface area contributed by atoms with Crippen LogP contribution in [0.3, 0.4) is 0 Å². The van der Waals surface area contributed by atoms with Gasteiger partial charge in [-0.1, -0.05) is 41.9 Å². The van der Waals surface area contributed by atoms with E-state index in [0.717, 1.165) is 11.1 Å². The number of hydrogen-bond donors (Lipinski definition) is 3. The summed E-state index contributed by atoms with van der Waals surface area (Å²) >= 11 is 5.87. The van der Waals surface area contributed by atoms with Crippen molar-refractivity contribution < 1.29 is 19.1 Å². The molecular weight excluding hydrogens is 430 g/mol. The number of aryl methyl sites for hydroxylation is 1. The molecule has 0 aromatic heterocycles. The zero-order chi connectivity index (χ0) is 23.6. The minimum Gasteiger partial charge on any atom is -0.444 e. The Labute approximate surface area is 193 Å². The van der Waals surface area contributed by atoms with Crippen LogP contribution in [0.25, 0.3) is 0 Å². The van der Waals surface area contributed by atoms with Crippen LogP contribution >= 0.6 is 11.6 Å². The minimum atomic E-state index is -0.593. The number of para-hydroxylation sites is 1. The van der Waals surface area contributed by atoms with E-state index >= 15 is 0 Å². The van der Waals surface area contributed by atoms with Gasteiger partial charge in [0, 0.05) is 36.6 Å². The number of benzene rings is 2. The molecule has 0 bridgehead atoms. The molecule has 0 radical (unpaired) electrons. The predicted octanol–water partition coefficient (Wildman–Crippen LogP) is 4.44. The Morgan fingerprint density at radius 3 is 2.28 bits per heavy atom. The first kappa shape index (κ1) is 25.2. The van der Waals surface area contributed by atoms with Gasteiger partial charge in [0.2, 0.25) is 11.8 Å². The van der Waals surface area contributed by atoms with Crippen LogP contribution in [0.1, 0.15) is 44.7 Å². The van der Waals surface area contributed by atoms with Crippen LogP contribution in [0, 0.1) is 0 Å². The number of nitrogens with one attached hydrogen (secondary N) is 3. The van der Waals surface area contributed by atoms with Crippen molar-refractivity contribution in [3.05, 3.63) is 64.7 Å². The Morgan fingerprint density at radius 1 is 0.906 bits per heavy atom. The van der Waals surface area contributed by atoms with E-state index < -0.39 is 11.7 Å². The highest BCUT2D eigenvalue weighted by molar-refractivity contribution is 6.30. The molecule has 0 spiro atoms. The van der Waals surface area contributed by atoms with Crippen molar-refractivity contribution in [3.8, 4) is 0 Å². The molecule has 0 fully saturated rings. The summed E-state index contributed by atoms with van der Waals surface area (Å²) in [6.45, 7) is 5.77. The van der Waals surface area contributed by atoms with Gasteiger partial charge in [-0.25, -0.2) is 4.79 Å². The molecule has 2 rings (SSSR count). The van der Waals surface area contributed by atoms with Crippen LogP contribution < -0.4 is 16.0 Å². The molecule has 0 unspecified atom stereocenters. The van der Waals surface area contributed by atoms with Gasteiger partial charge in [-0.05, 0) is 56.5 Å². The van der Waals surface area contributed by atoms with Crippen molar-refractivity contribution in [1.82, 2.24) is 10.6 Å². The fourth-order valence-electron chi connectivity index (χ4n) is 2.79. The molecule has 0 aliphatic rings. The second-order valence-electron chi connectivity index (χ2n) is 8.29. The highest BCUT2D eigenvalue weighted by Crippen LogP contribution is 2.16. The third kappa shape index (κ3) is 9.83. The molecule has 0 aliphatic heterocycles. The van der Waals surface area contributed by atoms with Gasteiger partial charge in [-0.2, -0.15) is 0 Å². The first-order valence-electron chi connectivity index (χ1n) is 10.5. The monoisotopic (exact) mass is 459 g/mol. The summed E-state index contributed by atoms with van der Waals surface area (Å²) in [5.41, 5.74) is 1.86. The highest BCUT2D eigenvalue weighted by Gasteiger charge is 2.16. The normalized spacial score (nSPS) is 10.9. The molecule has 0 heterocycles. The number of amides is 3. The fourth-order valence-corrected chi connectivity index (χ4v) is 2.92. The molecule has 2 aromatic rings. The molecule has 7 nitrogen and oxygen atoms in total. The molecule has 32 heavy (non-hydrogen) atoms. The third-order valence-electron chi connectivity index (χ3n) is 4.34. The van der Waals surface area contributed by atoms with Gasteiger partial charge >= 0.3 is 6.09 Å². The van der Waals surface area contributed by atoms with Gasteiger partial charge in [-0.15, -0.1) is 0 Å². The van der Waals surface area contributed by atoms with E-state index in [0.29, 0.717) is 30.1 Å². The Balaban J connectivity index is 1.77. The minimum absolute atomic E-state index is 0.0809. The van der Waals surface area contributed by atoms with Crippen LogP contribution in [0.5, 0.6) is 0 Å². The standard InChI is InChI=1S/C24H30ClN3O4/c1-24(2,3)32-23(31)26-15-14-22(30)28-20-7-5-4-6-18(20)16-27-21(29)13-10-17-8-11-19(25)12-9-17/h4-9,11-12H,10,13-16H2,1-3H3,(H,26,31)(H,27,29)(H,28,30). The number of anilines is 1. The van der Waals surface area contributed by atoms with Crippen molar-refractivity contribution >= 4 is 35.2 Å². The van der Waals surface area contributed by atoms with Gasteiger partial charge in [0.15, 0.2) is 0 Å². The highest BCUT2D eigenvalue weighted by atomic mass is 35.5. The lowest BCUT2D eigenvalue weighted by Gasteiger charge is -2.19. The maximum Gasteiger partial charge on any atom is 0.407 e. The van der Waals surface area contributed by atoms with Crippen molar-refractivity contribution in [2.45, 2.75) is 52.2 Å². The number of carbonyl (C=O) groups is 3. The van der Waals surface area contributed by atoms with Crippen LogP contribution in [0.2, 0.25) is 5.02 Å². The van der Waals surface area contributed by atoms with E-state index in [1.54, 1.807) is 45.0 Å². The third-order valence-corrected chi connectivity index (χ3v) is 4.59. The number of hydrogen-bond acceptors (Lipinski definition) is 4. The predicted molar refractivity (Wildman–Crippen MR) is 126 cm³/mol. The quantitative estimate of drug-likeness (QED) is 0.516. The Kier molecular flexibility index (Phi) is 9.53. The SMILES string of the molecule is CC(C)(C)OC(=O)NCCC(=O)Nc1ccccc1CNC(=O)CCc1ccc(Cl)cc1. The summed E-state index contributed by atoms with van der Waals surface area (Å²) in [6.07, 6.45) is 0.506. The van der Waals surface area contributed by atoms with E-state index in [2.05, 4.69) is 16.0 Å². The van der Waals surface area contributed by atoms with Crippen molar-refractivity contribution in [1.29, 1.82) is 0 Å². The average Bonchev–Trinajstić information content (AvgIpc) is 2.71. The van der Waals surface area contributed by atoms with Crippen molar-refractivity contribution in [2.24, 2.45) is 0 Å². The topological polar surface area (TPSA) is 96.5 Å². The van der Waals surface area contributed by atoms with Crippen LogP contribution in [-0.2, 0) is 27.3 Å². The molecular formula is C24H30ClN3O4. The van der Waals surface area contributed by atoms with Crippen LogP contribution in [-0.4, -0.2) is 30.1 Å². The summed E-state index contributed by atoms with van der Waals surface area (Å²) in [5.74, 6) is -0.329. The summed E-state index contributed by atoms with van der Waals surface area (Å²) in [6, 6.07) is 14.7. The smallest absolute Gasteiger partial charge is 0.407 e. The molecule has 0 saturated heterocycles. The van der Waals surface area contributed by atoms with E-state index in [4.69, 9.17) is 16.3 Å². The summed E-state index contributed by atoms with van der Waals surface area (Å²) in [7, 11) is 0. The molecule has 3 amide bonds. The number of halogens is 1. The summed E-state index contributed by atoms with van der Waals surface area (Å²) in [4.78, 5) is 36.1. The van der Waals surface area contributed by atoms with Crippen molar-refractivity contribution in [2.75, 3.05) is 11.9 Å². The lowest BCUT2D eigenvalue weighted by Crippen LogP contribution is -2.34. The van der Waals surface area contributed by atoms with Crippen molar-refractivity contribution in [3.63, 3.8) is 0 Å². The van der Waals surface area contributed by atoms with Gasteiger partial charge < -0.3 is 20.7 Å². The largest absolute Gasteiger partial charge is 0.444 e. The first-order valence-corrected chi connectivity index (χ1v) is 10.9. The second-order valence-corrected chi connectivity index (χ2v) is 8.72.